The van der Waals surface area contributed by atoms with Crippen LogP contribution in [0.25, 0.3) is 22.3 Å². The molecule has 0 radical (unpaired) electrons. The van der Waals surface area contributed by atoms with Crippen molar-refractivity contribution in [2.75, 3.05) is 0 Å². The normalized spacial score (nSPS) is 11.7. The molecule has 1 aromatic carbocycles. The van der Waals surface area contributed by atoms with Gasteiger partial charge in [-0.15, -0.1) is 0 Å². The molecule has 0 aliphatic heterocycles. The van der Waals surface area contributed by atoms with E-state index in [0.717, 1.165) is 12.1 Å². The summed E-state index contributed by atoms with van der Waals surface area (Å²) in [5, 5.41) is 0.384. The van der Waals surface area contributed by atoms with Gasteiger partial charge >= 0.3 is 12.1 Å². The van der Waals surface area contributed by atoms with E-state index in [2.05, 4.69) is 9.97 Å². The number of hydrogen-bond acceptors (Lipinski definition) is 4. The van der Waals surface area contributed by atoms with Gasteiger partial charge in [0.15, 0.2) is 5.75 Å². The van der Waals surface area contributed by atoms with Gasteiger partial charge in [0.05, 0.1) is 16.6 Å². The second-order valence-electron chi connectivity index (χ2n) is 5.20. The number of hydrogen-bond donors (Lipinski definition) is 0. The van der Waals surface area contributed by atoms with E-state index >= 15 is 0 Å². The lowest BCUT2D eigenvalue weighted by atomic mass is 10.1. The van der Waals surface area contributed by atoms with Gasteiger partial charge in [-0.05, 0) is 12.1 Å². The highest BCUT2D eigenvalue weighted by atomic mass is 19.4. The van der Waals surface area contributed by atoms with Crippen LogP contribution in [0.4, 0.5) is 13.2 Å². The fourth-order valence-corrected chi connectivity index (χ4v) is 2.47. The maximum atomic E-state index is 12.9. The highest BCUT2D eigenvalue weighted by Gasteiger charge is 2.31. The Labute approximate surface area is 134 Å². The Morgan fingerprint density at radius 3 is 2.67 bits per heavy atom. The highest BCUT2D eigenvalue weighted by molar-refractivity contribution is 5.97. The topological polar surface area (TPSA) is 57.0 Å². The first-order valence-electron chi connectivity index (χ1n) is 6.93. The van der Waals surface area contributed by atoms with Gasteiger partial charge in [0.2, 0.25) is 0 Å². The van der Waals surface area contributed by atoms with E-state index in [0.29, 0.717) is 11.0 Å². The number of carbonyl (C=O) groups is 1. The second-order valence-corrected chi connectivity index (χ2v) is 5.20. The average molecular weight is 335 g/mol. The SMILES string of the molecule is CC(=O)Oc1cn(C)c2ncnc(-c3cccc(C(F)(F)F)c3)c12. The number of alkyl halides is 3. The van der Waals surface area contributed by atoms with Gasteiger partial charge < -0.3 is 9.30 Å². The number of benzene rings is 1. The summed E-state index contributed by atoms with van der Waals surface area (Å²) in [5.74, 6) is -0.339. The molecule has 0 spiro atoms. The molecule has 3 aromatic rings. The molecule has 2 heterocycles. The van der Waals surface area contributed by atoms with Crippen molar-refractivity contribution < 1.29 is 22.7 Å². The van der Waals surface area contributed by atoms with Crippen molar-refractivity contribution in [3.8, 4) is 17.0 Å². The molecule has 2 aromatic heterocycles. The molecule has 124 valence electrons. The predicted octanol–water partition coefficient (Wildman–Crippen LogP) is 3.58. The summed E-state index contributed by atoms with van der Waals surface area (Å²) in [7, 11) is 1.69. The molecule has 0 atom stereocenters. The van der Waals surface area contributed by atoms with Crippen LogP contribution in [0.15, 0.2) is 36.8 Å². The third kappa shape index (κ3) is 2.82. The Morgan fingerprint density at radius 2 is 2.00 bits per heavy atom. The van der Waals surface area contributed by atoms with Gasteiger partial charge in [-0.1, -0.05) is 12.1 Å². The molecule has 0 aliphatic rings. The predicted molar refractivity (Wildman–Crippen MR) is 80.3 cm³/mol. The quantitative estimate of drug-likeness (QED) is 0.672. The summed E-state index contributed by atoms with van der Waals surface area (Å²) in [6.45, 7) is 1.24. The fraction of sp³-hybridized carbons (Fsp3) is 0.188. The molecule has 0 saturated carbocycles. The van der Waals surface area contributed by atoms with Crippen molar-refractivity contribution >= 4 is 17.0 Å². The Bertz CT molecular complexity index is 932. The van der Waals surface area contributed by atoms with Gasteiger partial charge in [0.25, 0.3) is 0 Å². The number of halogens is 3. The van der Waals surface area contributed by atoms with Gasteiger partial charge in [-0.2, -0.15) is 13.2 Å². The first-order chi connectivity index (χ1) is 11.3. The van der Waals surface area contributed by atoms with Crippen LogP contribution in [0.2, 0.25) is 0 Å². The lowest BCUT2D eigenvalue weighted by molar-refractivity contribution is -0.137. The minimum Gasteiger partial charge on any atom is -0.424 e. The van der Waals surface area contributed by atoms with Crippen LogP contribution >= 0.6 is 0 Å². The van der Waals surface area contributed by atoms with Gasteiger partial charge in [0.1, 0.15) is 12.0 Å². The number of aryl methyl sites for hydroxylation is 1. The zero-order valence-corrected chi connectivity index (χ0v) is 12.8. The standard InChI is InChI=1S/C16H12F3N3O2/c1-9(23)24-12-7-22(2)15-13(12)14(20-8-21-15)10-4-3-5-11(6-10)16(17,18)19/h3-8H,1-2H3. The van der Waals surface area contributed by atoms with Crippen LogP contribution in [0, 0.1) is 0 Å². The monoisotopic (exact) mass is 335 g/mol. The van der Waals surface area contributed by atoms with Crippen LogP contribution in [-0.2, 0) is 18.0 Å². The molecule has 0 unspecified atom stereocenters. The van der Waals surface area contributed by atoms with Crippen LogP contribution in [0.3, 0.4) is 0 Å². The molecule has 3 rings (SSSR count). The van der Waals surface area contributed by atoms with Crippen LogP contribution < -0.4 is 4.74 Å². The molecule has 5 nitrogen and oxygen atoms in total. The van der Waals surface area contributed by atoms with E-state index in [9.17, 15) is 18.0 Å². The smallest absolute Gasteiger partial charge is 0.416 e. The lowest BCUT2D eigenvalue weighted by Gasteiger charge is -2.09. The number of carbonyl (C=O) groups excluding carboxylic acids is 1. The van der Waals surface area contributed by atoms with E-state index in [1.54, 1.807) is 11.6 Å². The number of rotatable bonds is 2. The minimum absolute atomic E-state index is 0.202. The number of fused-ring (bicyclic) bond motifs is 1. The minimum atomic E-state index is -4.46. The van der Waals surface area contributed by atoms with E-state index in [1.165, 1.54) is 31.6 Å². The van der Waals surface area contributed by atoms with E-state index in [4.69, 9.17) is 4.74 Å². The lowest BCUT2D eigenvalue weighted by Crippen LogP contribution is -2.05. The Kier molecular flexibility index (Phi) is 3.75. The number of ether oxygens (including phenoxy) is 1. The fourth-order valence-electron chi connectivity index (χ4n) is 2.47. The van der Waals surface area contributed by atoms with Crippen LogP contribution in [0.1, 0.15) is 12.5 Å². The van der Waals surface area contributed by atoms with Crippen molar-refractivity contribution in [3.05, 3.63) is 42.4 Å². The highest BCUT2D eigenvalue weighted by Crippen LogP contribution is 2.36. The first kappa shape index (κ1) is 16.0. The molecule has 0 amide bonds. The Balaban J connectivity index is 2.25. The number of aromatic nitrogens is 3. The molecular weight excluding hydrogens is 323 g/mol. The summed E-state index contributed by atoms with van der Waals surface area (Å²) >= 11 is 0. The Morgan fingerprint density at radius 1 is 1.25 bits per heavy atom. The number of nitrogens with zero attached hydrogens (tertiary/aromatic N) is 3. The largest absolute Gasteiger partial charge is 0.424 e. The van der Waals surface area contributed by atoms with Crippen LogP contribution in [0.5, 0.6) is 5.75 Å². The van der Waals surface area contributed by atoms with Gasteiger partial charge in [0, 0.05) is 25.7 Å². The maximum absolute atomic E-state index is 12.9. The summed E-state index contributed by atoms with van der Waals surface area (Å²) in [5.41, 5.74) is 0.199. The Hall–Kier alpha value is -2.90. The first-order valence-corrected chi connectivity index (χ1v) is 6.93. The molecule has 0 bridgehead atoms. The van der Waals surface area contributed by atoms with E-state index in [1.807, 2.05) is 0 Å². The van der Waals surface area contributed by atoms with Crippen LogP contribution in [-0.4, -0.2) is 20.5 Å². The van der Waals surface area contributed by atoms with E-state index < -0.39 is 17.7 Å². The van der Waals surface area contributed by atoms with Crippen molar-refractivity contribution in [1.29, 1.82) is 0 Å². The molecule has 0 N–H and O–H groups in total. The summed E-state index contributed by atoms with van der Waals surface area (Å²) < 4.78 is 45.6. The number of esters is 1. The zero-order valence-electron chi connectivity index (χ0n) is 12.8. The van der Waals surface area contributed by atoms with E-state index in [-0.39, 0.29) is 17.0 Å². The summed E-state index contributed by atoms with van der Waals surface area (Å²) in [6.07, 6.45) is -1.66. The molecule has 24 heavy (non-hydrogen) atoms. The summed E-state index contributed by atoms with van der Waals surface area (Å²) in [6, 6.07) is 4.81. The third-order valence-electron chi connectivity index (χ3n) is 3.44. The molecular formula is C16H12F3N3O2. The molecule has 8 heteroatoms. The van der Waals surface area contributed by atoms with Crippen molar-refractivity contribution in [2.24, 2.45) is 7.05 Å². The average Bonchev–Trinajstić information content (AvgIpc) is 2.82. The molecule has 0 saturated heterocycles. The summed E-state index contributed by atoms with van der Waals surface area (Å²) in [4.78, 5) is 19.5. The maximum Gasteiger partial charge on any atom is 0.416 e. The second kappa shape index (κ2) is 5.63. The third-order valence-corrected chi connectivity index (χ3v) is 3.44. The molecule has 0 fully saturated rings. The molecule has 0 aliphatic carbocycles. The van der Waals surface area contributed by atoms with Crippen molar-refractivity contribution in [3.63, 3.8) is 0 Å². The zero-order chi connectivity index (χ0) is 17.5. The van der Waals surface area contributed by atoms with Gasteiger partial charge in [-0.25, -0.2) is 9.97 Å². The van der Waals surface area contributed by atoms with Crippen molar-refractivity contribution in [2.45, 2.75) is 13.1 Å². The van der Waals surface area contributed by atoms with Gasteiger partial charge in [-0.3, -0.25) is 4.79 Å². The van der Waals surface area contributed by atoms with Crippen molar-refractivity contribution in [1.82, 2.24) is 14.5 Å².